The zero-order valence-corrected chi connectivity index (χ0v) is 15.0. The predicted octanol–water partition coefficient (Wildman–Crippen LogP) is 5.52. The number of nitrogens with zero attached hydrogens (tertiary/aromatic N) is 3. The fourth-order valence-electron chi connectivity index (χ4n) is 3.55. The molecule has 25 heavy (non-hydrogen) atoms. The average molecular weight is 367 g/mol. The van der Waals surface area contributed by atoms with Gasteiger partial charge in [0.25, 0.3) is 0 Å². The second-order valence-electron chi connectivity index (χ2n) is 6.24. The van der Waals surface area contributed by atoms with Crippen molar-refractivity contribution in [2.75, 3.05) is 5.32 Å². The summed E-state index contributed by atoms with van der Waals surface area (Å²) in [7, 11) is 0. The normalized spacial score (nSPS) is 14.0. The molecule has 0 fully saturated rings. The molecule has 0 aliphatic heterocycles. The Morgan fingerprint density at radius 2 is 1.92 bits per heavy atom. The van der Waals surface area contributed by atoms with E-state index in [2.05, 4.69) is 32.4 Å². The van der Waals surface area contributed by atoms with E-state index >= 15 is 0 Å². The van der Waals surface area contributed by atoms with E-state index in [1.807, 2.05) is 24.4 Å². The number of rotatable bonds is 2. The molecular formula is C19H15ClN4S. The molecule has 1 aromatic carbocycles. The van der Waals surface area contributed by atoms with Crippen LogP contribution in [0, 0.1) is 0 Å². The van der Waals surface area contributed by atoms with Gasteiger partial charge in [-0.3, -0.25) is 4.98 Å². The smallest absolute Gasteiger partial charge is 0.225 e. The highest BCUT2D eigenvalue weighted by Gasteiger charge is 2.21. The molecule has 0 saturated carbocycles. The Labute approximate surface area is 153 Å². The van der Waals surface area contributed by atoms with Crippen LogP contribution in [0.4, 0.5) is 11.5 Å². The molecule has 0 atom stereocenters. The molecule has 6 heteroatoms. The maximum Gasteiger partial charge on any atom is 0.225 e. The van der Waals surface area contributed by atoms with E-state index in [9.17, 15) is 0 Å². The van der Waals surface area contributed by atoms with Crippen molar-refractivity contribution in [2.45, 2.75) is 25.7 Å². The van der Waals surface area contributed by atoms with Crippen LogP contribution in [-0.4, -0.2) is 15.0 Å². The third-order valence-electron chi connectivity index (χ3n) is 4.67. The van der Waals surface area contributed by atoms with Crippen LogP contribution in [0.5, 0.6) is 0 Å². The van der Waals surface area contributed by atoms with Crippen molar-refractivity contribution in [3.05, 3.63) is 52.3 Å². The quantitative estimate of drug-likeness (QED) is 0.475. The highest BCUT2D eigenvalue weighted by atomic mass is 35.5. The zero-order valence-electron chi connectivity index (χ0n) is 13.4. The lowest BCUT2D eigenvalue weighted by Gasteiger charge is -2.13. The van der Waals surface area contributed by atoms with Gasteiger partial charge in [0.2, 0.25) is 5.28 Å². The summed E-state index contributed by atoms with van der Waals surface area (Å²) in [5.74, 6) is 0.785. The Bertz CT molecular complexity index is 1100. The molecule has 1 aliphatic rings. The van der Waals surface area contributed by atoms with Crippen LogP contribution in [-0.2, 0) is 12.8 Å². The molecular weight excluding hydrogens is 352 g/mol. The van der Waals surface area contributed by atoms with Crippen LogP contribution < -0.4 is 5.32 Å². The van der Waals surface area contributed by atoms with Gasteiger partial charge in [0.05, 0.1) is 16.6 Å². The van der Waals surface area contributed by atoms with Crippen molar-refractivity contribution in [3.8, 4) is 0 Å². The number of halogens is 1. The van der Waals surface area contributed by atoms with E-state index in [1.165, 1.54) is 23.3 Å². The molecule has 4 nitrogen and oxygen atoms in total. The average Bonchev–Trinajstić information content (AvgIpc) is 3.00. The fraction of sp³-hybridized carbons (Fsp3) is 0.211. The predicted molar refractivity (Wildman–Crippen MR) is 104 cm³/mol. The van der Waals surface area contributed by atoms with Crippen LogP contribution in [0.15, 0.2) is 36.5 Å². The number of thiophene rings is 1. The summed E-state index contributed by atoms with van der Waals surface area (Å²) in [6, 6.07) is 10.1. The molecule has 4 aromatic rings. The van der Waals surface area contributed by atoms with Gasteiger partial charge in [0.15, 0.2) is 0 Å². The fourth-order valence-corrected chi connectivity index (χ4v) is 5.03. The molecule has 0 saturated heterocycles. The minimum Gasteiger partial charge on any atom is -0.338 e. The highest BCUT2D eigenvalue weighted by Crippen LogP contribution is 2.40. The Hall–Kier alpha value is -2.24. The summed E-state index contributed by atoms with van der Waals surface area (Å²) < 4.78 is 0. The summed E-state index contributed by atoms with van der Waals surface area (Å²) in [4.78, 5) is 15.9. The lowest BCUT2D eigenvalue weighted by Crippen LogP contribution is -2.02. The summed E-state index contributed by atoms with van der Waals surface area (Å²) in [6.07, 6.45) is 6.49. The number of anilines is 2. The number of nitrogens with one attached hydrogen (secondary N) is 1. The maximum atomic E-state index is 6.20. The van der Waals surface area contributed by atoms with Crippen molar-refractivity contribution in [3.63, 3.8) is 0 Å². The lowest BCUT2D eigenvalue weighted by molar-refractivity contribution is 0.700. The Morgan fingerprint density at radius 3 is 2.88 bits per heavy atom. The molecule has 0 unspecified atom stereocenters. The number of aromatic nitrogens is 3. The molecule has 0 bridgehead atoms. The molecule has 1 N–H and O–H groups in total. The number of pyridine rings is 1. The second kappa shape index (κ2) is 5.93. The number of hydrogen-bond donors (Lipinski definition) is 1. The van der Waals surface area contributed by atoms with Gasteiger partial charge in [-0.1, -0.05) is 18.2 Å². The van der Waals surface area contributed by atoms with Crippen molar-refractivity contribution in [2.24, 2.45) is 0 Å². The van der Waals surface area contributed by atoms with Gasteiger partial charge in [-0.2, -0.15) is 4.98 Å². The SMILES string of the molecule is Clc1nc(Nc2cccc3cccnc23)c2c3c(sc2n1)CCCC3. The lowest BCUT2D eigenvalue weighted by atomic mass is 9.97. The third kappa shape index (κ3) is 2.55. The van der Waals surface area contributed by atoms with Crippen LogP contribution in [0.2, 0.25) is 5.28 Å². The summed E-state index contributed by atoms with van der Waals surface area (Å²) in [5.41, 5.74) is 3.25. The first-order valence-electron chi connectivity index (χ1n) is 8.38. The summed E-state index contributed by atoms with van der Waals surface area (Å²) >= 11 is 7.95. The molecule has 124 valence electrons. The first-order chi connectivity index (χ1) is 12.3. The number of benzene rings is 1. The van der Waals surface area contributed by atoms with Crippen LogP contribution in [0.25, 0.3) is 21.1 Å². The van der Waals surface area contributed by atoms with E-state index in [-0.39, 0.29) is 5.28 Å². The first kappa shape index (κ1) is 15.0. The van der Waals surface area contributed by atoms with Crippen LogP contribution in [0.3, 0.4) is 0 Å². The Morgan fingerprint density at radius 1 is 1.04 bits per heavy atom. The standard InChI is InChI=1S/C19H15ClN4S/c20-19-23-17(15-12-7-1-2-9-14(12)25-18(15)24-19)22-13-8-3-5-11-6-4-10-21-16(11)13/h3-6,8,10H,1-2,7,9H2,(H,22,23,24). The molecule has 0 spiro atoms. The molecule has 1 aliphatic carbocycles. The van der Waals surface area contributed by atoms with Crippen molar-refractivity contribution in [1.82, 2.24) is 15.0 Å². The van der Waals surface area contributed by atoms with Gasteiger partial charge >= 0.3 is 0 Å². The minimum absolute atomic E-state index is 0.279. The Balaban J connectivity index is 1.71. The van der Waals surface area contributed by atoms with Gasteiger partial charge in [-0.15, -0.1) is 11.3 Å². The molecule has 0 radical (unpaired) electrons. The van der Waals surface area contributed by atoms with E-state index < -0.39 is 0 Å². The van der Waals surface area contributed by atoms with Crippen LogP contribution in [0.1, 0.15) is 23.3 Å². The van der Waals surface area contributed by atoms with Crippen molar-refractivity contribution in [1.29, 1.82) is 0 Å². The first-order valence-corrected chi connectivity index (χ1v) is 9.57. The van der Waals surface area contributed by atoms with E-state index in [4.69, 9.17) is 11.6 Å². The second-order valence-corrected chi connectivity index (χ2v) is 7.66. The molecule has 5 rings (SSSR count). The van der Waals surface area contributed by atoms with Gasteiger partial charge in [-0.25, -0.2) is 4.98 Å². The topological polar surface area (TPSA) is 50.7 Å². The van der Waals surface area contributed by atoms with E-state index in [0.717, 1.165) is 45.5 Å². The number of hydrogen-bond acceptors (Lipinski definition) is 5. The zero-order chi connectivity index (χ0) is 16.8. The van der Waals surface area contributed by atoms with Gasteiger partial charge in [0, 0.05) is 16.5 Å². The van der Waals surface area contributed by atoms with Gasteiger partial charge in [-0.05, 0) is 55.0 Å². The van der Waals surface area contributed by atoms with Gasteiger partial charge < -0.3 is 5.32 Å². The van der Waals surface area contributed by atoms with Crippen molar-refractivity contribution < 1.29 is 0 Å². The minimum atomic E-state index is 0.279. The molecule has 3 heterocycles. The monoisotopic (exact) mass is 366 g/mol. The molecule has 3 aromatic heterocycles. The highest BCUT2D eigenvalue weighted by molar-refractivity contribution is 7.19. The Kier molecular flexibility index (Phi) is 3.57. The summed E-state index contributed by atoms with van der Waals surface area (Å²) in [6.45, 7) is 0. The number of aryl methyl sites for hydroxylation is 2. The van der Waals surface area contributed by atoms with Crippen molar-refractivity contribution >= 4 is 55.6 Å². The number of fused-ring (bicyclic) bond motifs is 4. The molecule has 0 amide bonds. The van der Waals surface area contributed by atoms with Gasteiger partial charge in [0.1, 0.15) is 10.6 Å². The number of para-hydroxylation sites is 1. The third-order valence-corrected chi connectivity index (χ3v) is 6.03. The van der Waals surface area contributed by atoms with Crippen LogP contribution >= 0.6 is 22.9 Å². The van der Waals surface area contributed by atoms with E-state index in [1.54, 1.807) is 11.3 Å². The maximum absolute atomic E-state index is 6.20. The summed E-state index contributed by atoms with van der Waals surface area (Å²) in [5, 5.41) is 5.97. The van der Waals surface area contributed by atoms with E-state index in [0.29, 0.717) is 0 Å². The largest absolute Gasteiger partial charge is 0.338 e.